The first-order valence-electron chi connectivity index (χ1n) is 5.98. The lowest BCUT2D eigenvalue weighted by atomic mass is 10.1. The van der Waals surface area contributed by atoms with Gasteiger partial charge in [-0.1, -0.05) is 13.0 Å². The van der Waals surface area contributed by atoms with E-state index in [0.29, 0.717) is 5.92 Å². The van der Waals surface area contributed by atoms with Crippen LogP contribution in [0.3, 0.4) is 0 Å². The molecule has 0 aromatic heterocycles. The van der Waals surface area contributed by atoms with Crippen LogP contribution < -0.4 is 10.1 Å². The summed E-state index contributed by atoms with van der Waals surface area (Å²) >= 11 is 0. The van der Waals surface area contributed by atoms with Crippen LogP contribution >= 0.6 is 0 Å². The van der Waals surface area contributed by atoms with Gasteiger partial charge in [0.15, 0.2) is 0 Å². The average molecular weight is 221 g/mol. The molecule has 0 saturated heterocycles. The Morgan fingerprint density at radius 3 is 2.62 bits per heavy atom. The summed E-state index contributed by atoms with van der Waals surface area (Å²) in [7, 11) is 1.99. The first kappa shape index (κ1) is 13.0. The Kier molecular flexibility index (Phi) is 5.33. The molecular weight excluding hydrogens is 198 g/mol. The lowest BCUT2D eigenvalue weighted by molar-refractivity contribution is 0.282. The summed E-state index contributed by atoms with van der Waals surface area (Å²) in [5, 5.41) is 3.18. The van der Waals surface area contributed by atoms with E-state index in [4.69, 9.17) is 4.74 Å². The molecule has 0 radical (unpaired) electrons. The van der Waals surface area contributed by atoms with Gasteiger partial charge in [0.2, 0.25) is 0 Å². The summed E-state index contributed by atoms with van der Waals surface area (Å²) < 4.78 is 5.73. The average Bonchev–Trinajstić information content (AvgIpc) is 2.24. The molecule has 0 bridgehead atoms. The molecule has 2 nitrogen and oxygen atoms in total. The first-order valence-corrected chi connectivity index (χ1v) is 5.98. The number of ether oxygens (including phenoxy) is 1. The van der Waals surface area contributed by atoms with Gasteiger partial charge in [0, 0.05) is 0 Å². The molecule has 0 fully saturated rings. The van der Waals surface area contributed by atoms with E-state index in [1.165, 1.54) is 11.1 Å². The highest BCUT2D eigenvalue weighted by molar-refractivity contribution is 5.33. The molecule has 1 atom stereocenters. The number of benzene rings is 1. The van der Waals surface area contributed by atoms with E-state index in [1.54, 1.807) is 0 Å². The van der Waals surface area contributed by atoms with Crippen LogP contribution in [0.4, 0.5) is 0 Å². The van der Waals surface area contributed by atoms with Crippen molar-refractivity contribution < 1.29 is 4.74 Å². The second kappa shape index (κ2) is 6.54. The maximum Gasteiger partial charge on any atom is 0.119 e. The quantitative estimate of drug-likeness (QED) is 0.797. The third-order valence-corrected chi connectivity index (χ3v) is 2.91. The van der Waals surface area contributed by atoms with Gasteiger partial charge < -0.3 is 10.1 Å². The van der Waals surface area contributed by atoms with Gasteiger partial charge in [-0.2, -0.15) is 0 Å². The first-order chi connectivity index (χ1) is 7.63. The molecule has 0 aliphatic rings. The molecule has 0 heterocycles. The molecule has 16 heavy (non-hydrogen) atoms. The maximum absolute atomic E-state index is 5.73. The molecule has 1 unspecified atom stereocenters. The lowest BCUT2D eigenvalue weighted by Gasteiger charge is -2.12. The molecule has 0 aliphatic heterocycles. The minimum atomic E-state index is 0.663. The Bertz CT molecular complexity index is 323. The van der Waals surface area contributed by atoms with Gasteiger partial charge in [-0.05, 0) is 63.0 Å². The molecule has 1 rings (SSSR count). The van der Waals surface area contributed by atoms with E-state index in [-0.39, 0.29) is 0 Å². The standard InChI is InChI=1S/C14H23NO/c1-11(10-15-4)7-8-16-14-6-5-12(2)13(3)9-14/h5-6,9,11,15H,7-8,10H2,1-4H3. The largest absolute Gasteiger partial charge is 0.494 e. The summed E-state index contributed by atoms with van der Waals surface area (Å²) in [4.78, 5) is 0. The van der Waals surface area contributed by atoms with Crippen LogP contribution in [0, 0.1) is 19.8 Å². The molecule has 90 valence electrons. The lowest BCUT2D eigenvalue weighted by Crippen LogP contribution is -2.18. The SMILES string of the molecule is CNCC(C)CCOc1ccc(C)c(C)c1. The molecule has 2 heteroatoms. The van der Waals surface area contributed by atoms with Crippen LogP contribution in [-0.4, -0.2) is 20.2 Å². The van der Waals surface area contributed by atoms with E-state index in [1.807, 2.05) is 13.1 Å². The predicted molar refractivity (Wildman–Crippen MR) is 69.1 cm³/mol. The van der Waals surface area contributed by atoms with Crippen molar-refractivity contribution >= 4 is 0 Å². The van der Waals surface area contributed by atoms with Crippen molar-refractivity contribution in [2.75, 3.05) is 20.2 Å². The van der Waals surface area contributed by atoms with E-state index in [2.05, 4.69) is 38.2 Å². The molecule has 0 amide bonds. The fraction of sp³-hybridized carbons (Fsp3) is 0.571. The number of aryl methyl sites for hydroxylation is 2. The minimum absolute atomic E-state index is 0.663. The van der Waals surface area contributed by atoms with Crippen LogP contribution in [0.15, 0.2) is 18.2 Å². The molecule has 1 aromatic rings. The molecule has 1 aromatic carbocycles. The maximum atomic E-state index is 5.73. The highest BCUT2D eigenvalue weighted by atomic mass is 16.5. The van der Waals surface area contributed by atoms with E-state index in [9.17, 15) is 0 Å². The summed E-state index contributed by atoms with van der Waals surface area (Å²) in [5.74, 6) is 1.65. The molecular formula is C14H23NO. The monoisotopic (exact) mass is 221 g/mol. The molecule has 0 spiro atoms. The predicted octanol–water partition coefficient (Wildman–Crippen LogP) is 2.93. The zero-order valence-corrected chi connectivity index (χ0v) is 10.8. The van der Waals surface area contributed by atoms with E-state index >= 15 is 0 Å². The topological polar surface area (TPSA) is 21.3 Å². The third kappa shape index (κ3) is 4.23. The van der Waals surface area contributed by atoms with Gasteiger partial charge in [0.05, 0.1) is 6.61 Å². The highest BCUT2D eigenvalue weighted by Gasteiger charge is 2.01. The number of rotatable bonds is 6. The molecule has 1 N–H and O–H groups in total. The van der Waals surface area contributed by atoms with E-state index < -0.39 is 0 Å². The normalized spacial score (nSPS) is 12.5. The van der Waals surface area contributed by atoms with E-state index in [0.717, 1.165) is 25.3 Å². The van der Waals surface area contributed by atoms with Crippen LogP contribution in [0.2, 0.25) is 0 Å². The zero-order chi connectivity index (χ0) is 12.0. The van der Waals surface area contributed by atoms with Gasteiger partial charge >= 0.3 is 0 Å². The molecule has 0 aliphatic carbocycles. The van der Waals surface area contributed by atoms with Crippen molar-refractivity contribution in [2.24, 2.45) is 5.92 Å². The Hall–Kier alpha value is -1.02. The van der Waals surface area contributed by atoms with Crippen LogP contribution in [-0.2, 0) is 0 Å². The van der Waals surface area contributed by atoms with Gasteiger partial charge in [-0.3, -0.25) is 0 Å². The highest BCUT2D eigenvalue weighted by Crippen LogP contribution is 2.16. The van der Waals surface area contributed by atoms with Crippen molar-refractivity contribution in [3.05, 3.63) is 29.3 Å². The summed E-state index contributed by atoms with van der Waals surface area (Å²) in [6.45, 7) is 8.32. The fourth-order valence-corrected chi connectivity index (χ4v) is 1.63. The van der Waals surface area contributed by atoms with Gasteiger partial charge in [-0.15, -0.1) is 0 Å². The number of hydrogen-bond donors (Lipinski definition) is 1. The second-order valence-electron chi connectivity index (χ2n) is 4.55. The Morgan fingerprint density at radius 2 is 2.00 bits per heavy atom. The van der Waals surface area contributed by atoms with Crippen LogP contribution in [0.5, 0.6) is 5.75 Å². The third-order valence-electron chi connectivity index (χ3n) is 2.91. The Morgan fingerprint density at radius 1 is 1.25 bits per heavy atom. The number of nitrogens with one attached hydrogen (secondary N) is 1. The van der Waals surface area contributed by atoms with Crippen molar-refractivity contribution in [1.29, 1.82) is 0 Å². The Labute approximate surface area is 99.0 Å². The van der Waals surface area contributed by atoms with Crippen LogP contribution in [0.25, 0.3) is 0 Å². The zero-order valence-electron chi connectivity index (χ0n) is 10.8. The van der Waals surface area contributed by atoms with Gasteiger partial charge in [0.25, 0.3) is 0 Å². The summed E-state index contributed by atoms with van der Waals surface area (Å²) in [6.07, 6.45) is 1.09. The second-order valence-corrected chi connectivity index (χ2v) is 4.55. The van der Waals surface area contributed by atoms with Gasteiger partial charge in [-0.25, -0.2) is 0 Å². The molecule has 0 saturated carbocycles. The minimum Gasteiger partial charge on any atom is -0.494 e. The van der Waals surface area contributed by atoms with Crippen molar-refractivity contribution in [1.82, 2.24) is 5.32 Å². The Balaban J connectivity index is 2.34. The number of hydrogen-bond acceptors (Lipinski definition) is 2. The fourth-order valence-electron chi connectivity index (χ4n) is 1.63. The van der Waals surface area contributed by atoms with Crippen molar-refractivity contribution in [3.8, 4) is 5.75 Å². The van der Waals surface area contributed by atoms with Gasteiger partial charge in [0.1, 0.15) is 5.75 Å². The summed E-state index contributed by atoms with van der Waals surface area (Å²) in [5.41, 5.74) is 2.61. The summed E-state index contributed by atoms with van der Waals surface area (Å²) in [6, 6.07) is 6.27. The van der Waals surface area contributed by atoms with Crippen molar-refractivity contribution in [2.45, 2.75) is 27.2 Å². The van der Waals surface area contributed by atoms with Crippen molar-refractivity contribution in [3.63, 3.8) is 0 Å². The smallest absolute Gasteiger partial charge is 0.119 e. The van der Waals surface area contributed by atoms with Crippen LogP contribution in [0.1, 0.15) is 24.5 Å².